The highest BCUT2D eigenvalue weighted by Crippen LogP contribution is 2.20. The second-order valence-corrected chi connectivity index (χ2v) is 3.07. The van der Waals surface area contributed by atoms with Gasteiger partial charge in [-0.3, -0.25) is 0 Å². The first kappa shape index (κ1) is 9.74. The Hall–Kier alpha value is -1.35. The molecule has 0 bridgehead atoms. The lowest BCUT2D eigenvalue weighted by Crippen LogP contribution is -2.17. The molecule has 70 valence electrons. The number of pyridine rings is 1. The minimum Gasteiger partial charge on any atom is -0.362 e. The van der Waals surface area contributed by atoms with E-state index in [0.29, 0.717) is 0 Å². The topological polar surface area (TPSA) is 42.1 Å². The van der Waals surface area contributed by atoms with Crippen molar-refractivity contribution in [2.45, 2.75) is 6.04 Å². The van der Waals surface area contributed by atoms with Crippen molar-refractivity contribution < 1.29 is 0 Å². The van der Waals surface area contributed by atoms with E-state index in [1.165, 1.54) is 0 Å². The van der Waals surface area contributed by atoms with Crippen LogP contribution in [0.4, 0.5) is 5.82 Å². The minimum absolute atomic E-state index is 0.147. The normalized spacial score (nSPS) is 12.2. The number of hydrogen-bond acceptors (Lipinski definition) is 3. The molecule has 0 saturated carbocycles. The molecule has 1 aromatic rings. The maximum absolute atomic E-state index is 5.85. The van der Waals surface area contributed by atoms with Gasteiger partial charge >= 0.3 is 0 Å². The summed E-state index contributed by atoms with van der Waals surface area (Å²) in [4.78, 5) is 6.19. The predicted molar refractivity (Wildman–Crippen MR) is 55.7 cm³/mol. The van der Waals surface area contributed by atoms with Gasteiger partial charge in [0, 0.05) is 25.9 Å². The van der Waals surface area contributed by atoms with E-state index in [1.807, 2.05) is 31.1 Å². The SMILES string of the molecule is C=C[C@@H](N)c1cccnc1N(C)C. The highest BCUT2D eigenvalue weighted by Gasteiger charge is 2.09. The maximum Gasteiger partial charge on any atom is 0.133 e. The van der Waals surface area contributed by atoms with E-state index in [0.717, 1.165) is 11.4 Å². The van der Waals surface area contributed by atoms with Crippen molar-refractivity contribution in [2.24, 2.45) is 5.73 Å². The molecule has 3 nitrogen and oxygen atoms in total. The molecule has 1 heterocycles. The van der Waals surface area contributed by atoms with E-state index in [1.54, 1.807) is 12.3 Å². The summed E-state index contributed by atoms with van der Waals surface area (Å²) in [5, 5.41) is 0. The van der Waals surface area contributed by atoms with Gasteiger partial charge < -0.3 is 10.6 Å². The number of aromatic nitrogens is 1. The van der Waals surface area contributed by atoms with E-state index in [4.69, 9.17) is 5.73 Å². The molecular formula is C10H15N3. The minimum atomic E-state index is -0.147. The fourth-order valence-corrected chi connectivity index (χ4v) is 1.17. The van der Waals surface area contributed by atoms with Gasteiger partial charge in [-0.25, -0.2) is 4.98 Å². The fraction of sp³-hybridized carbons (Fsp3) is 0.300. The lowest BCUT2D eigenvalue weighted by molar-refractivity contribution is 0.886. The smallest absolute Gasteiger partial charge is 0.133 e. The maximum atomic E-state index is 5.85. The predicted octanol–water partition coefficient (Wildman–Crippen LogP) is 1.33. The Morgan fingerprint density at radius 1 is 1.62 bits per heavy atom. The third-order valence-corrected chi connectivity index (χ3v) is 1.85. The van der Waals surface area contributed by atoms with E-state index in [2.05, 4.69) is 11.6 Å². The molecule has 0 aliphatic heterocycles. The van der Waals surface area contributed by atoms with Crippen LogP contribution in [0.25, 0.3) is 0 Å². The van der Waals surface area contributed by atoms with E-state index in [-0.39, 0.29) is 6.04 Å². The van der Waals surface area contributed by atoms with Crippen LogP contribution in [-0.4, -0.2) is 19.1 Å². The Morgan fingerprint density at radius 2 is 2.31 bits per heavy atom. The Morgan fingerprint density at radius 3 is 2.85 bits per heavy atom. The lowest BCUT2D eigenvalue weighted by atomic mass is 10.1. The fourth-order valence-electron chi connectivity index (χ4n) is 1.17. The summed E-state index contributed by atoms with van der Waals surface area (Å²) in [6, 6.07) is 3.70. The van der Waals surface area contributed by atoms with Crippen molar-refractivity contribution in [3.63, 3.8) is 0 Å². The van der Waals surface area contributed by atoms with Gasteiger partial charge in [-0.1, -0.05) is 12.1 Å². The molecule has 0 radical (unpaired) electrons. The van der Waals surface area contributed by atoms with E-state index < -0.39 is 0 Å². The van der Waals surface area contributed by atoms with Crippen LogP contribution in [0.1, 0.15) is 11.6 Å². The number of nitrogens with zero attached hydrogens (tertiary/aromatic N) is 2. The molecule has 1 atom stereocenters. The number of anilines is 1. The van der Waals surface area contributed by atoms with Gasteiger partial charge in [-0.05, 0) is 6.07 Å². The van der Waals surface area contributed by atoms with Gasteiger partial charge in [0.15, 0.2) is 0 Å². The van der Waals surface area contributed by atoms with Crippen molar-refractivity contribution in [3.05, 3.63) is 36.5 Å². The quantitative estimate of drug-likeness (QED) is 0.708. The van der Waals surface area contributed by atoms with Gasteiger partial charge in [0.1, 0.15) is 5.82 Å². The van der Waals surface area contributed by atoms with Gasteiger partial charge in [-0.15, -0.1) is 6.58 Å². The molecule has 1 aromatic heterocycles. The summed E-state index contributed by atoms with van der Waals surface area (Å²) >= 11 is 0. The molecular weight excluding hydrogens is 162 g/mol. The summed E-state index contributed by atoms with van der Waals surface area (Å²) in [7, 11) is 3.89. The summed E-state index contributed by atoms with van der Waals surface area (Å²) in [6.45, 7) is 3.67. The van der Waals surface area contributed by atoms with Gasteiger partial charge in [0.25, 0.3) is 0 Å². The molecule has 3 heteroatoms. The van der Waals surface area contributed by atoms with Crippen molar-refractivity contribution in [2.75, 3.05) is 19.0 Å². The van der Waals surface area contributed by atoms with Crippen molar-refractivity contribution >= 4 is 5.82 Å². The molecule has 13 heavy (non-hydrogen) atoms. The van der Waals surface area contributed by atoms with Crippen molar-refractivity contribution in [1.29, 1.82) is 0 Å². The lowest BCUT2D eigenvalue weighted by Gasteiger charge is -2.17. The summed E-state index contributed by atoms with van der Waals surface area (Å²) in [6.07, 6.45) is 3.47. The highest BCUT2D eigenvalue weighted by atomic mass is 15.1. The summed E-state index contributed by atoms with van der Waals surface area (Å²) < 4.78 is 0. The van der Waals surface area contributed by atoms with Crippen LogP contribution in [-0.2, 0) is 0 Å². The molecule has 0 aromatic carbocycles. The Balaban J connectivity index is 3.11. The second kappa shape index (κ2) is 4.05. The van der Waals surface area contributed by atoms with Gasteiger partial charge in [0.05, 0.1) is 6.04 Å². The second-order valence-electron chi connectivity index (χ2n) is 3.07. The van der Waals surface area contributed by atoms with Crippen LogP contribution < -0.4 is 10.6 Å². The first-order valence-electron chi connectivity index (χ1n) is 4.17. The first-order valence-corrected chi connectivity index (χ1v) is 4.17. The standard InChI is InChI=1S/C10H15N3/c1-4-9(11)8-6-5-7-12-10(8)13(2)3/h4-7,9H,1,11H2,2-3H3/t9-/m1/s1. The van der Waals surface area contributed by atoms with E-state index >= 15 is 0 Å². The Kier molecular flexibility index (Phi) is 3.03. The van der Waals surface area contributed by atoms with Crippen LogP contribution >= 0.6 is 0 Å². The van der Waals surface area contributed by atoms with Crippen molar-refractivity contribution in [3.8, 4) is 0 Å². The number of hydrogen-bond donors (Lipinski definition) is 1. The van der Waals surface area contributed by atoms with Crippen LogP contribution in [0.3, 0.4) is 0 Å². The average molecular weight is 177 g/mol. The molecule has 0 fully saturated rings. The average Bonchev–Trinajstić information content (AvgIpc) is 2.16. The van der Waals surface area contributed by atoms with Crippen LogP contribution in [0.5, 0.6) is 0 Å². The van der Waals surface area contributed by atoms with Crippen molar-refractivity contribution in [1.82, 2.24) is 4.98 Å². The molecule has 0 aliphatic rings. The zero-order chi connectivity index (χ0) is 9.84. The van der Waals surface area contributed by atoms with Crippen LogP contribution in [0.15, 0.2) is 31.0 Å². The Labute approximate surface area is 78.9 Å². The first-order chi connectivity index (χ1) is 6.16. The molecule has 2 N–H and O–H groups in total. The molecule has 1 rings (SSSR count). The molecule has 0 aliphatic carbocycles. The summed E-state index contributed by atoms with van der Waals surface area (Å²) in [5.41, 5.74) is 6.85. The third-order valence-electron chi connectivity index (χ3n) is 1.85. The van der Waals surface area contributed by atoms with Crippen LogP contribution in [0, 0.1) is 0 Å². The zero-order valence-electron chi connectivity index (χ0n) is 8.07. The number of nitrogens with two attached hydrogens (primary N) is 1. The molecule has 0 spiro atoms. The summed E-state index contributed by atoms with van der Waals surface area (Å²) in [5.74, 6) is 0.898. The molecule has 0 saturated heterocycles. The van der Waals surface area contributed by atoms with E-state index in [9.17, 15) is 0 Å². The largest absolute Gasteiger partial charge is 0.362 e. The molecule has 0 amide bonds. The highest BCUT2D eigenvalue weighted by molar-refractivity contribution is 5.47. The molecule has 0 unspecified atom stereocenters. The monoisotopic (exact) mass is 177 g/mol. The third kappa shape index (κ3) is 2.06. The Bertz CT molecular complexity index is 294. The zero-order valence-corrected chi connectivity index (χ0v) is 8.07. The van der Waals surface area contributed by atoms with Gasteiger partial charge in [-0.2, -0.15) is 0 Å². The van der Waals surface area contributed by atoms with Gasteiger partial charge in [0.2, 0.25) is 0 Å². The van der Waals surface area contributed by atoms with Crippen LogP contribution in [0.2, 0.25) is 0 Å². The number of rotatable bonds is 3.